The summed E-state index contributed by atoms with van der Waals surface area (Å²) in [6, 6.07) is 33.8. The second-order valence-corrected chi connectivity index (χ2v) is 7.11. The van der Waals surface area contributed by atoms with Gasteiger partial charge in [-0.1, -0.05) is 60.7 Å². The Morgan fingerprint density at radius 1 is 0.393 bits per heavy atom. The molecule has 2 heterocycles. The second-order valence-electron chi connectivity index (χ2n) is 7.11. The maximum Gasteiger partial charge on any atom is 0.0715 e. The van der Waals surface area contributed by atoms with Crippen molar-refractivity contribution in [2.24, 2.45) is 0 Å². The molecule has 4 aromatic carbocycles. The highest BCUT2D eigenvalue weighted by molar-refractivity contribution is 6.08. The standard InChI is InChI=1S/C26H16N2/c1-3-11-23-17(7-1)15-21-19(9-5-13-25(21)27-23)20-10-6-14-26-22(20)16-18-8-2-4-12-24(18)28-26/h1-16H. The Bertz CT molecular complexity index is 1400. The average Bonchev–Trinajstić information content (AvgIpc) is 2.75. The third-order valence-electron chi connectivity index (χ3n) is 5.41. The van der Waals surface area contributed by atoms with Gasteiger partial charge in [0, 0.05) is 21.5 Å². The number of para-hydroxylation sites is 2. The Kier molecular flexibility index (Phi) is 3.20. The number of hydrogen-bond donors (Lipinski definition) is 0. The predicted molar refractivity (Wildman–Crippen MR) is 117 cm³/mol. The number of benzene rings is 4. The van der Waals surface area contributed by atoms with Crippen molar-refractivity contribution in [3.63, 3.8) is 0 Å². The molecule has 0 aliphatic carbocycles. The number of rotatable bonds is 1. The highest BCUT2D eigenvalue weighted by Gasteiger charge is 2.11. The van der Waals surface area contributed by atoms with Gasteiger partial charge in [0.15, 0.2) is 0 Å². The molecule has 0 radical (unpaired) electrons. The fourth-order valence-corrected chi connectivity index (χ4v) is 4.07. The molecule has 2 heteroatoms. The smallest absolute Gasteiger partial charge is 0.0715 e. The first-order valence-electron chi connectivity index (χ1n) is 9.44. The summed E-state index contributed by atoms with van der Waals surface area (Å²) in [6.45, 7) is 0. The summed E-state index contributed by atoms with van der Waals surface area (Å²) in [5, 5.41) is 4.65. The van der Waals surface area contributed by atoms with Gasteiger partial charge in [0.25, 0.3) is 0 Å². The molecule has 0 fully saturated rings. The van der Waals surface area contributed by atoms with Crippen LogP contribution in [0.1, 0.15) is 0 Å². The summed E-state index contributed by atoms with van der Waals surface area (Å²) in [6.07, 6.45) is 0. The van der Waals surface area contributed by atoms with Crippen LogP contribution in [0, 0.1) is 0 Å². The van der Waals surface area contributed by atoms with Crippen molar-refractivity contribution < 1.29 is 0 Å². The Hall–Kier alpha value is -3.78. The van der Waals surface area contributed by atoms with Crippen LogP contribution in [0.25, 0.3) is 54.7 Å². The molecule has 6 aromatic rings. The molecule has 6 rings (SSSR count). The summed E-state index contributed by atoms with van der Waals surface area (Å²) in [4.78, 5) is 9.76. The zero-order valence-corrected chi connectivity index (χ0v) is 15.1. The first-order valence-corrected chi connectivity index (χ1v) is 9.44. The largest absolute Gasteiger partial charge is 0.248 e. The minimum Gasteiger partial charge on any atom is -0.248 e. The summed E-state index contributed by atoms with van der Waals surface area (Å²) >= 11 is 0. The Morgan fingerprint density at radius 2 is 0.821 bits per heavy atom. The maximum absolute atomic E-state index is 4.88. The van der Waals surface area contributed by atoms with Crippen LogP contribution in [-0.4, -0.2) is 9.97 Å². The number of fused-ring (bicyclic) bond motifs is 4. The molecule has 0 unspecified atom stereocenters. The van der Waals surface area contributed by atoms with Crippen LogP contribution in [0.5, 0.6) is 0 Å². The van der Waals surface area contributed by atoms with Crippen molar-refractivity contribution in [3.8, 4) is 11.1 Å². The molecule has 0 saturated heterocycles. The first kappa shape index (κ1) is 15.3. The number of nitrogens with zero attached hydrogens (tertiary/aromatic N) is 2. The van der Waals surface area contributed by atoms with E-state index < -0.39 is 0 Å². The molecule has 130 valence electrons. The molecule has 0 saturated carbocycles. The molecule has 2 nitrogen and oxygen atoms in total. The fraction of sp³-hybridized carbons (Fsp3) is 0. The zero-order valence-electron chi connectivity index (χ0n) is 15.1. The lowest BCUT2D eigenvalue weighted by atomic mass is 9.95. The van der Waals surface area contributed by atoms with Crippen molar-refractivity contribution in [2.45, 2.75) is 0 Å². The number of pyridine rings is 2. The molecule has 28 heavy (non-hydrogen) atoms. The lowest BCUT2D eigenvalue weighted by Crippen LogP contribution is -1.89. The molecule has 0 aliphatic heterocycles. The van der Waals surface area contributed by atoms with E-state index in [1.807, 2.05) is 12.1 Å². The predicted octanol–water partition coefficient (Wildman–Crippen LogP) is 6.76. The van der Waals surface area contributed by atoms with Crippen molar-refractivity contribution in [2.75, 3.05) is 0 Å². The lowest BCUT2D eigenvalue weighted by molar-refractivity contribution is 1.49. The molecule has 0 amide bonds. The van der Waals surface area contributed by atoms with Crippen molar-refractivity contribution in [1.29, 1.82) is 0 Å². The highest BCUT2D eigenvalue weighted by Crippen LogP contribution is 2.35. The SMILES string of the molecule is c1ccc2nc3cccc(-c4cccc5nc6ccccc6cc45)c3cc2c1. The van der Waals surface area contributed by atoms with Crippen LogP contribution in [0.15, 0.2) is 97.1 Å². The minimum absolute atomic E-state index is 1.02. The average molecular weight is 356 g/mol. The summed E-state index contributed by atoms with van der Waals surface area (Å²) in [5.41, 5.74) is 6.47. The molecular formula is C26H16N2. The van der Waals surface area contributed by atoms with Crippen molar-refractivity contribution >= 4 is 43.6 Å². The molecule has 0 spiro atoms. The topological polar surface area (TPSA) is 25.8 Å². The second kappa shape index (κ2) is 5.86. The van der Waals surface area contributed by atoms with Gasteiger partial charge in [0.05, 0.1) is 22.1 Å². The lowest BCUT2D eigenvalue weighted by Gasteiger charge is -2.11. The minimum atomic E-state index is 1.02. The van der Waals surface area contributed by atoms with E-state index in [0.717, 1.165) is 32.8 Å². The van der Waals surface area contributed by atoms with Crippen molar-refractivity contribution in [1.82, 2.24) is 9.97 Å². The summed E-state index contributed by atoms with van der Waals surface area (Å²) in [5.74, 6) is 0. The fourth-order valence-electron chi connectivity index (χ4n) is 4.07. The third kappa shape index (κ3) is 2.28. The van der Waals surface area contributed by atoms with Gasteiger partial charge < -0.3 is 0 Å². The highest BCUT2D eigenvalue weighted by atomic mass is 14.7. The van der Waals surface area contributed by atoms with E-state index in [0.29, 0.717) is 0 Å². The first-order chi connectivity index (χ1) is 13.9. The van der Waals surface area contributed by atoms with E-state index >= 15 is 0 Å². The van der Waals surface area contributed by atoms with E-state index in [4.69, 9.17) is 9.97 Å². The molecule has 0 aliphatic rings. The molecule has 0 N–H and O–H groups in total. The van der Waals surface area contributed by atoms with Crippen LogP contribution in [0.3, 0.4) is 0 Å². The zero-order chi connectivity index (χ0) is 18.5. The van der Waals surface area contributed by atoms with Gasteiger partial charge in [0.2, 0.25) is 0 Å². The number of aromatic nitrogens is 2. The van der Waals surface area contributed by atoms with Crippen LogP contribution in [0.4, 0.5) is 0 Å². The molecular weight excluding hydrogens is 340 g/mol. The van der Waals surface area contributed by atoms with Gasteiger partial charge in [-0.15, -0.1) is 0 Å². The third-order valence-corrected chi connectivity index (χ3v) is 5.41. The van der Waals surface area contributed by atoms with Gasteiger partial charge in [-0.25, -0.2) is 9.97 Å². The van der Waals surface area contributed by atoms with E-state index in [-0.39, 0.29) is 0 Å². The van der Waals surface area contributed by atoms with Crippen LogP contribution in [-0.2, 0) is 0 Å². The maximum atomic E-state index is 4.88. The Morgan fingerprint density at radius 3 is 1.32 bits per heavy atom. The van der Waals surface area contributed by atoms with Crippen LogP contribution >= 0.6 is 0 Å². The van der Waals surface area contributed by atoms with Gasteiger partial charge in [-0.2, -0.15) is 0 Å². The summed E-state index contributed by atoms with van der Waals surface area (Å²) < 4.78 is 0. The monoisotopic (exact) mass is 356 g/mol. The van der Waals surface area contributed by atoms with E-state index in [2.05, 4.69) is 84.9 Å². The van der Waals surface area contributed by atoms with E-state index in [9.17, 15) is 0 Å². The molecule has 0 atom stereocenters. The summed E-state index contributed by atoms with van der Waals surface area (Å²) in [7, 11) is 0. The van der Waals surface area contributed by atoms with Crippen LogP contribution in [0.2, 0.25) is 0 Å². The Labute approximate surface area is 162 Å². The normalized spacial score (nSPS) is 11.6. The molecule has 0 bridgehead atoms. The van der Waals surface area contributed by atoms with Gasteiger partial charge in [-0.05, 0) is 47.5 Å². The quantitative estimate of drug-likeness (QED) is 0.304. The van der Waals surface area contributed by atoms with E-state index in [1.54, 1.807) is 0 Å². The van der Waals surface area contributed by atoms with Gasteiger partial charge >= 0.3 is 0 Å². The van der Waals surface area contributed by atoms with Gasteiger partial charge in [0.1, 0.15) is 0 Å². The number of hydrogen-bond acceptors (Lipinski definition) is 2. The van der Waals surface area contributed by atoms with E-state index in [1.165, 1.54) is 21.9 Å². The van der Waals surface area contributed by atoms with Crippen LogP contribution < -0.4 is 0 Å². The Balaban J connectivity index is 1.72. The van der Waals surface area contributed by atoms with Gasteiger partial charge in [-0.3, -0.25) is 0 Å². The molecule has 2 aromatic heterocycles. The van der Waals surface area contributed by atoms with Crippen molar-refractivity contribution in [3.05, 3.63) is 97.1 Å².